The van der Waals surface area contributed by atoms with Gasteiger partial charge in [0.15, 0.2) is 0 Å². The lowest BCUT2D eigenvalue weighted by atomic mass is 10.1. The van der Waals surface area contributed by atoms with Crippen LogP contribution in [-0.2, 0) is 0 Å². The van der Waals surface area contributed by atoms with Crippen molar-refractivity contribution in [3.8, 4) is 0 Å². The van der Waals surface area contributed by atoms with Gasteiger partial charge in [-0.1, -0.05) is 29.8 Å². The highest BCUT2D eigenvalue weighted by Crippen LogP contribution is 2.24. The molecule has 86 valence electrons. The minimum atomic E-state index is -1.24. The number of carboxylic acid groups (broad SMARTS) is 1. The monoisotopic (exact) mass is 246 g/mol. The molecule has 0 saturated carbocycles. The van der Waals surface area contributed by atoms with Crippen LogP contribution in [0.5, 0.6) is 0 Å². The van der Waals surface area contributed by atoms with Crippen molar-refractivity contribution in [1.82, 2.24) is 0 Å². The number of anilines is 2. The van der Waals surface area contributed by atoms with Gasteiger partial charge < -0.3 is 15.2 Å². The van der Waals surface area contributed by atoms with Gasteiger partial charge in [-0.05, 0) is 30.3 Å². The third-order valence-corrected chi connectivity index (χ3v) is 2.49. The molecule has 0 fully saturated rings. The topological polar surface area (TPSA) is 52.2 Å². The molecule has 0 radical (unpaired) electrons. The maximum absolute atomic E-state index is 10.9. The molecule has 2 aromatic carbocycles. The SMILES string of the molecule is O=C([O-])c1ccc(Cl)cc1Nc1ccccc1. The Balaban J connectivity index is 2.37. The quantitative estimate of drug-likeness (QED) is 0.905. The Labute approximate surface area is 104 Å². The van der Waals surface area contributed by atoms with Crippen LogP contribution in [0.1, 0.15) is 10.4 Å². The van der Waals surface area contributed by atoms with Gasteiger partial charge in [0, 0.05) is 22.0 Å². The molecule has 2 rings (SSSR count). The summed E-state index contributed by atoms with van der Waals surface area (Å²) < 4.78 is 0. The van der Waals surface area contributed by atoms with Crippen LogP contribution in [0.15, 0.2) is 48.5 Å². The summed E-state index contributed by atoms with van der Waals surface area (Å²) in [5.74, 6) is -1.24. The normalized spacial score (nSPS) is 9.94. The molecule has 0 aromatic heterocycles. The van der Waals surface area contributed by atoms with E-state index in [9.17, 15) is 9.90 Å². The zero-order valence-electron chi connectivity index (χ0n) is 8.81. The molecule has 0 amide bonds. The van der Waals surface area contributed by atoms with Crippen LogP contribution in [0.3, 0.4) is 0 Å². The summed E-state index contributed by atoms with van der Waals surface area (Å²) in [4.78, 5) is 10.9. The van der Waals surface area contributed by atoms with Gasteiger partial charge in [0.2, 0.25) is 0 Å². The first-order valence-electron chi connectivity index (χ1n) is 5.00. The second kappa shape index (κ2) is 4.89. The fraction of sp³-hybridized carbons (Fsp3) is 0. The Kier molecular flexibility index (Phi) is 3.30. The average molecular weight is 247 g/mol. The lowest BCUT2D eigenvalue weighted by molar-refractivity contribution is -0.254. The van der Waals surface area contributed by atoms with Gasteiger partial charge in [0.25, 0.3) is 0 Å². The number of benzene rings is 2. The largest absolute Gasteiger partial charge is 0.545 e. The van der Waals surface area contributed by atoms with Crippen molar-refractivity contribution in [2.75, 3.05) is 5.32 Å². The number of halogens is 1. The number of carboxylic acids is 1. The van der Waals surface area contributed by atoms with Crippen LogP contribution in [0.4, 0.5) is 11.4 Å². The Bertz CT molecular complexity index is 540. The molecule has 0 bridgehead atoms. The Morgan fingerprint density at radius 3 is 2.47 bits per heavy atom. The number of rotatable bonds is 3. The molecule has 0 aliphatic heterocycles. The summed E-state index contributed by atoms with van der Waals surface area (Å²) in [6.07, 6.45) is 0. The second-order valence-electron chi connectivity index (χ2n) is 3.47. The van der Waals surface area contributed by atoms with E-state index in [1.165, 1.54) is 12.1 Å². The van der Waals surface area contributed by atoms with Crippen molar-refractivity contribution in [1.29, 1.82) is 0 Å². The number of hydrogen-bond donors (Lipinski definition) is 1. The number of nitrogens with one attached hydrogen (secondary N) is 1. The van der Waals surface area contributed by atoms with E-state index in [0.717, 1.165) is 5.69 Å². The van der Waals surface area contributed by atoms with E-state index < -0.39 is 5.97 Å². The van der Waals surface area contributed by atoms with Gasteiger partial charge in [-0.2, -0.15) is 0 Å². The fourth-order valence-corrected chi connectivity index (χ4v) is 1.65. The average Bonchev–Trinajstić information content (AvgIpc) is 2.30. The second-order valence-corrected chi connectivity index (χ2v) is 3.90. The number of aromatic carboxylic acids is 1. The van der Waals surface area contributed by atoms with Gasteiger partial charge >= 0.3 is 0 Å². The van der Waals surface area contributed by atoms with Crippen LogP contribution in [0.2, 0.25) is 5.02 Å². The minimum Gasteiger partial charge on any atom is -0.545 e. The van der Waals surface area contributed by atoms with Crippen LogP contribution >= 0.6 is 11.6 Å². The molecule has 0 saturated heterocycles. The minimum absolute atomic E-state index is 0.0817. The van der Waals surface area contributed by atoms with E-state index in [1.54, 1.807) is 6.07 Å². The lowest BCUT2D eigenvalue weighted by Crippen LogP contribution is -2.23. The molecule has 3 nitrogen and oxygen atoms in total. The van der Waals surface area contributed by atoms with Gasteiger partial charge in [-0.3, -0.25) is 0 Å². The third-order valence-electron chi connectivity index (χ3n) is 2.25. The van der Waals surface area contributed by atoms with Gasteiger partial charge in [-0.25, -0.2) is 0 Å². The molecule has 2 aromatic rings. The maximum atomic E-state index is 10.9. The third kappa shape index (κ3) is 2.77. The van der Waals surface area contributed by atoms with E-state index in [1.807, 2.05) is 30.3 Å². The molecule has 0 aliphatic carbocycles. The molecule has 0 atom stereocenters. The summed E-state index contributed by atoms with van der Waals surface area (Å²) >= 11 is 5.83. The van der Waals surface area contributed by atoms with Gasteiger partial charge in [0.05, 0.1) is 5.97 Å². The Morgan fingerprint density at radius 1 is 1.12 bits per heavy atom. The molecule has 17 heavy (non-hydrogen) atoms. The van der Waals surface area contributed by atoms with E-state index in [0.29, 0.717) is 10.7 Å². The highest BCUT2D eigenvalue weighted by atomic mass is 35.5. The molecular formula is C13H9ClNO2-. The molecule has 0 aliphatic rings. The van der Waals surface area contributed by atoms with Crippen LogP contribution in [0.25, 0.3) is 0 Å². The summed E-state index contributed by atoms with van der Waals surface area (Å²) in [6.45, 7) is 0. The van der Waals surface area contributed by atoms with E-state index in [-0.39, 0.29) is 5.56 Å². The Morgan fingerprint density at radius 2 is 1.82 bits per heavy atom. The lowest BCUT2D eigenvalue weighted by Gasteiger charge is -2.13. The van der Waals surface area contributed by atoms with Crippen molar-refractivity contribution in [2.24, 2.45) is 0 Å². The highest BCUT2D eigenvalue weighted by molar-refractivity contribution is 6.31. The number of carbonyl (C=O) groups excluding carboxylic acids is 1. The van der Waals surface area contributed by atoms with Crippen LogP contribution in [-0.4, -0.2) is 5.97 Å². The molecule has 0 heterocycles. The zero-order valence-corrected chi connectivity index (χ0v) is 9.57. The molecule has 0 unspecified atom stereocenters. The van der Waals surface area contributed by atoms with Crippen LogP contribution < -0.4 is 10.4 Å². The molecule has 4 heteroatoms. The van der Waals surface area contributed by atoms with Crippen molar-refractivity contribution in [3.05, 3.63) is 59.1 Å². The van der Waals surface area contributed by atoms with Gasteiger partial charge in [-0.15, -0.1) is 0 Å². The summed E-state index contributed by atoms with van der Waals surface area (Å²) in [7, 11) is 0. The number of para-hydroxylation sites is 1. The number of hydrogen-bond acceptors (Lipinski definition) is 3. The standard InChI is InChI=1S/C13H10ClNO2/c14-9-6-7-11(13(16)17)12(8-9)15-10-4-2-1-3-5-10/h1-8,15H,(H,16,17)/p-1. The summed E-state index contributed by atoms with van der Waals surface area (Å²) in [6, 6.07) is 13.7. The zero-order chi connectivity index (χ0) is 12.3. The summed E-state index contributed by atoms with van der Waals surface area (Å²) in [5, 5.41) is 14.4. The number of carbonyl (C=O) groups is 1. The predicted octanol–water partition coefficient (Wildman–Crippen LogP) is 2.45. The smallest absolute Gasteiger partial charge is 0.0736 e. The van der Waals surface area contributed by atoms with Crippen molar-refractivity contribution in [3.63, 3.8) is 0 Å². The van der Waals surface area contributed by atoms with Crippen molar-refractivity contribution in [2.45, 2.75) is 0 Å². The highest BCUT2D eigenvalue weighted by Gasteiger charge is 2.04. The maximum Gasteiger partial charge on any atom is 0.0736 e. The molecule has 1 N–H and O–H groups in total. The fourth-order valence-electron chi connectivity index (χ4n) is 1.47. The van der Waals surface area contributed by atoms with Crippen molar-refractivity contribution < 1.29 is 9.90 Å². The van der Waals surface area contributed by atoms with Gasteiger partial charge in [0.1, 0.15) is 0 Å². The van der Waals surface area contributed by atoms with E-state index in [4.69, 9.17) is 11.6 Å². The first kappa shape index (κ1) is 11.5. The first-order valence-corrected chi connectivity index (χ1v) is 5.37. The molecular weight excluding hydrogens is 238 g/mol. The molecule has 0 spiro atoms. The predicted molar refractivity (Wildman–Crippen MR) is 65.5 cm³/mol. The van der Waals surface area contributed by atoms with Crippen LogP contribution in [0, 0.1) is 0 Å². The Hall–Kier alpha value is -2.00. The first-order chi connectivity index (χ1) is 8.16. The van der Waals surface area contributed by atoms with Crippen molar-refractivity contribution >= 4 is 28.9 Å². The van der Waals surface area contributed by atoms with E-state index >= 15 is 0 Å². The summed E-state index contributed by atoms with van der Waals surface area (Å²) in [5.41, 5.74) is 1.29. The van der Waals surface area contributed by atoms with E-state index in [2.05, 4.69) is 5.32 Å².